The van der Waals surface area contributed by atoms with Crippen LogP contribution in [-0.2, 0) is 6.42 Å². The zero-order valence-corrected chi connectivity index (χ0v) is 14.9. The fourth-order valence-electron chi connectivity index (χ4n) is 2.32. The van der Waals surface area contributed by atoms with Gasteiger partial charge in [0, 0.05) is 6.20 Å². The summed E-state index contributed by atoms with van der Waals surface area (Å²) in [7, 11) is 0. The maximum atomic E-state index is 12.3. The standard InChI is InChI=1S/C18H20Cl2N2O/c1-11(2)8-13-4-6-14(7-5-13)12(3)22-18(23)15-9-16(19)17(20)21-10-15/h4-7,9-12H,8H2,1-3H3,(H,22,23)/t12-/m0/s1. The van der Waals surface area contributed by atoms with Crippen LogP contribution in [0, 0.1) is 5.92 Å². The third-order valence-corrected chi connectivity index (χ3v) is 4.22. The molecule has 0 aliphatic heterocycles. The fourth-order valence-corrected chi connectivity index (χ4v) is 2.59. The van der Waals surface area contributed by atoms with E-state index in [0.29, 0.717) is 11.5 Å². The first-order valence-electron chi connectivity index (χ1n) is 7.57. The van der Waals surface area contributed by atoms with E-state index in [1.54, 1.807) is 0 Å². The van der Waals surface area contributed by atoms with Crippen molar-refractivity contribution in [3.8, 4) is 0 Å². The summed E-state index contributed by atoms with van der Waals surface area (Å²) in [6, 6.07) is 9.73. The third-order valence-electron chi connectivity index (χ3n) is 3.53. The molecule has 122 valence electrons. The van der Waals surface area contributed by atoms with Crippen molar-refractivity contribution in [3.63, 3.8) is 0 Å². The lowest BCUT2D eigenvalue weighted by molar-refractivity contribution is 0.0939. The summed E-state index contributed by atoms with van der Waals surface area (Å²) in [6.45, 7) is 6.34. The number of rotatable bonds is 5. The number of benzene rings is 1. The maximum Gasteiger partial charge on any atom is 0.253 e. The molecule has 2 rings (SSSR count). The number of pyridine rings is 1. The van der Waals surface area contributed by atoms with Gasteiger partial charge in [0.05, 0.1) is 16.6 Å². The van der Waals surface area contributed by atoms with Crippen LogP contribution in [0.15, 0.2) is 36.5 Å². The number of hydrogen-bond acceptors (Lipinski definition) is 2. The average molecular weight is 351 g/mol. The Labute approximate surface area is 147 Å². The van der Waals surface area contributed by atoms with E-state index in [4.69, 9.17) is 23.2 Å². The predicted octanol–water partition coefficient (Wildman–Crippen LogP) is 5.08. The summed E-state index contributed by atoms with van der Waals surface area (Å²) in [4.78, 5) is 16.1. The number of amides is 1. The van der Waals surface area contributed by atoms with Crippen LogP contribution in [-0.4, -0.2) is 10.9 Å². The van der Waals surface area contributed by atoms with E-state index in [-0.39, 0.29) is 22.1 Å². The van der Waals surface area contributed by atoms with E-state index >= 15 is 0 Å². The highest BCUT2D eigenvalue weighted by Crippen LogP contribution is 2.21. The second-order valence-corrected chi connectivity index (χ2v) is 6.80. The molecule has 5 heteroatoms. The van der Waals surface area contributed by atoms with Gasteiger partial charge < -0.3 is 5.32 Å². The van der Waals surface area contributed by atoms with Crippen molar-refractivity contribution < 1.29 is 4.79 Å². The Hall–Kier alpha value is -1.58. The molecule has 1 N–H and O–H groups in total. The number of nitrogens with one attached hydrogen (secondary N) is 1. The summed E-state index contributed by atoms with van der Waals surface area (Å²) in [5.74, 6) is 0.398. The highest BCUT2D eigenvalue weighted by Gasteiger charge is 2.13. The van der Waals surface area contributed by atoms with E-state index in [2.05, 4.69) is 48.4 Å². The molecule has 2 aromatic rings. The van der Waals surface area contributed by atoms with Gasteiger partial charge in [-0.25, -0.2) is 4.98 Å². The number of hydrogen-bond donors (Lipinski definition) is 1. The summed E-state index contributed by atoms with van der Waals surface area (Å²) < 4.78 is 0. The summed E-state index contributed by atoms with van der Waals surface area (Å²) in [5.41, 5.74) is 2.75. The van der Waals surface area contributed by atoms with Gasteiger partial charge in [-0.15, -0.1) is 0 Å². The van der Waals surface area contributed by atoms with Crippen molar-refractivity contribution in [1.82, 2.24) is 10.3 Å². The normalized spacial score (nSPS) is 12.3. The molecular weight excluding hydrogens is 331 g/mol. The Morgan fingerprint density at radius 2 is 1.83 bits per heavy atom. The molecule has 1 heterocycles. The summed E-state index contributed by atoms with van der Waals surface area (Å²) in [5, 5.41) is 3.40. The van der Waals surface area contributed by atoms with Crippen LogP contribution in [0.5, 0.6) is 0 Å². The van der Waals surface area contributed by atoms with Gasteiger partial charge in [-0.3, -0.25) is 4.79 Å². The molecule has 0 fully saturated rings. The summed E-state index contributed by atoms with van der Waals surface area (Å²) in [6.07, 6.45) is 2.47. The zero-order chi connectivity index (χ0) is 17.0. The Balaban J connectivity index is 2.04. The quantitative estimate of drug-likeness (QED) is 0.764. The molecule has 0 radical (unpaired) electrons. The highest BCUT2D eigenvalue weighted by atomic mass is 35.5. The van der Waals surface area contributed by atoms with Crippen molar-refractivity contribution in [2.75, 3.05) is 0 Å². The van der Waals surface area contributed by atoms with Crippen LogP contribution >= 0.6 is 23.2 Å². The topological polar surface area (TPSA) is 42.0 Å². The van der Waals surface area contributed by atoms with Gasteiger partial charge in [0.25, 0.3) is 5.91 Å². The van der Waals surface area contributed by atoms with Crippen LogP contribution < -0.4 is 5.32 Å². The summed E-state index contributed by atoms with van der Waals surface area (Å²) >= 11 is 11.7. The second-order valence-electron chi connectivity index (χ2n) is 6.03. The Morgan fingerprint density at radius 1 is 1.17 bits per heavy atom. The zero-order valence-electron chi connectivity index (χ0n) is 13.4. The lowest BCUT2D eigenvalue weighted by atomic mass is 10.00. The Morgan fingerprint density at radius 3 is 2.39 bits per heavy atom. The van der Waals surface area contributed by atoms with Crippen molar-refractivity contribution in [1.29, 1.82) is 0 Å². The molecule has 0 unspecified atom stereocenters. The van der Waals surface area contributed by atoms with E-state index in [1.165, 1.54) is 17.8 Å². The molecule has 1 aromatic heterocycles. The van der Waals surface area contributed by atoms with E-state index < -0.39 is 0 Å². The number of nitrogens with zero attached hydrogens (tertiary/aromatic N) is 1. The molecule has 1 aromatic carbocycles. The molecule has 0 bridgehead atoms. The number of carbonyl (C=O) groups excluding carboxylic acids is 1. The van der Waals surface area contributed by atoms with Crippen molar-refractivity contribution in [2.24, 2.45) is 5.92 Å². The molecule has 23 heavy (non-hydrogen) atoms. The monoisotopic (exact) mass is 350 g/mol. The molecule has 0 aliphatic carbocycles. The first-order valence-corrected chi connectivity index (χ1v) is 8.33. The molecule has 0 aliphatic rings. The smallest absolute Gasteiger partial charge is 0.253 e. The molecule has 1 atom stereocenters. The van der Waals surface area contributed by atoms with E-state index in [0.717, 1.165) is 12.0 Å². The minimum atomic E-state index is -0.227. The largest absolute Gasteiger partial charge is 0.345 e. The van der Waals surface area contributed by atoms with Gasteiger partial charge in [0.15, 0.2) is 0 Å². The van der Waals surface area contributed by atoms with Gasteiger partial charge in [-0.1, -0.05) is 61.3 Å². The lowest BCUT2D eigenvalue weighted by Crippen LogP contribution is -2.26. The van der Waals surface area contributed by atoms with Gasteiger partial charge in [-0.05, 0) is 36.5 Å². The number of aromatic nitrogens is 1. The molecule has 1 amide bonds. The number of halogens is 2. The van der Waals surface area contributed by atoms with E-state index in [1.807, 2.05) is 6.92 Å². The third kappa shape index (κ3) is 4.95. The van der Waals surface area contributed by atoms with E-state index in [9.17, 15) is 4.79 Å². The molecule has 3 nitrogen and oxygen atoms in total. The second kappa shape index (κ2) is 7.80. The van der Waals surface area contributed by atoms with Crippen molar-refractivity contribution >= 4 is 29.1 Å². The molecule has 0 spiro atoms. The van der Waals surface area contributed by atoms with Crippen LogP contribution in [0.2, 0.25) is 10.2 Å². The highest BCUT2D eigenvalue weighted by molar-refractivity contribution is 6.41. The average Bonchev–Trinajstić information content (AvgIpc) is 2.50. The van der Waals surface area contributed by atoms with Gasteiger partial charge >= 0.3 is 0 Å². The fraction of sp³-hybridized carbons (Fsp3) is 0.333. The van der Waals surface area contributed by atoms with Crippen LogP contribution in [0.3, 0.4) is 0 Å². The Bertz CT molecular complexity index is 684. The van der Waals surface area contributed by atoms with Gasteiger partial charge in [-0.2, -0.15) is 0 Å². The minimum absolute atomic E-state index is 0.106. The molecular formula is C18H20Cl2N2O. The first kappa shape index (κ1) is 17.8. The lowest BCUT2D eigenvalue weighted by Gasteiger charge is -2.15. The SMILES string of the molecule is CC(C)Cc1ccc([C@H](C)NC(=O)c2cnc(Cl)c(Cl)c2)cc1. The Kier molecular flexibility index (Phi) is 6.03. The van der Waals surface area contributed by atoms with Crippen LogP contribution in [0.1, 0.15) is 48.3 Å². The van der Waals surface area contributed by atoms with Crippen molar-refractivity contribution in [2.45, 2.75) is 33.2 Å². The number of carbonyl (C=O) groups is 1. The molecule has 0 saturated heterocycles. The van der Waals surface area contributed by atoms with Crippen LogP contribution in [0.25, 0.3) is 0 Å². The van der Waals surface area contributed by atoms with Crippen LogP contribution in [0.4, 0.5) is 0 Å². The van der Waals surface area contributed by atoms with Gasteiger partial charge in [0.1, 0.15) is 5.15 Å². The predicted molar refractivity (Wildman–Crippen MR) is 95.1 cm³/mol. The van der Waals surface area contributed by atoms with Crippen molar-refractivity contribution in [3.05, 3.63) is 63.4 Å². The first-order chi connectivity index (χ1) is 10.9. The molecule has 0 saturated carbocycles. The minimum Gasteiger partial charge on any atom is -0.345 e. The van der Waals surface area contributed by atoms with Gasteiger partial charge in [0.2, 0.25) is 0 Å². The maximum absolute atomic E-state index is 12.3.